The zero-order valence-corrected chi connectivity index (χ0v) is 12.8. The highest BCUT2D eigenvalue weighted by molar-refractivity contribution is 4.85. The summed E-state index contributed by atoms with van der Waals surface area (Å²) in [6.45, 7) is 8.48. The average molecular weight is 268 g/mol. The van der Waals surface area contributed by atoms with Crippen molar-refractivity contribution in [3.8, 4) is 0 Å². The van der Waals surface area contributed by atoms with Crippen molar-refractivity contribution in [3.63, 3.8) is 0 Å². The van der Waals surface area contributed by atoms with Gasteiger partial charge in [0.2, 0.25) is 0 Å². The Bertz CT molecular complexity index is 251. The minimum Gasteiger partial charge on any atom is -0.396 e. The number of aliphatic hydroxyl groups is 1. The lowest BCUT2D eigenvalue weighted by molar-refractivity contribution is 0.0952. The van der Waals surface area contributed by atoms with Crippen LogP contribution in [0.5, 0.6) is 0 Å². The molecule has 0 spiro atoms. The second-order valence-corrected chi connectivity index (χ2v) is 6.92. The van der Waals surface area contributed by atoms with Gasteiger partial charge in [-0.15, -0.1) is 0 Å². The molecule has 0 radical (unpaired) electrons. The molecule has 3 heteroatoms. The molecule has 1 heterocycles. The van der Waals surface area contributed by atoms with Gasteiger partial charge in [0.25, 0.3) is 0 Å². The average Bonchev–Trinajstić information content (AvgIpc) is 2.89. The fraction of sp³-hybridized carbons (Fsp3) is 1.00. The highest BCUT2D eigenvalue weighted by atomic mass is 16.3. The molecule has 2 unspecified atom stereocenters. The Morgan fingerprint density at radius 2 is 1.89 bits per heavy atom. The van der Waals surface area contributed by atoms with Crippen LogP contribution in [0, 0.1) is 11.8 Å². The van der Waals surface area contributed by atoms with E-state index >= 15 is 0 Å². The second kappa shape index (κ2) is 7.61. The summed E-state index contributed by atoms with van der Waals surface area (Å²) in [4.78, 5) is 2.58. The van der Waals surface area contributed by atoms with Gasteiger partial charge >= 0.3 is 0 Å². The van der Waals surface area contributed by atoms with Crippen molar-refractivity contribution in [2.75, 3.05) is 26.2 Å². The lowest BCUT2D eigenvalue weighted by Crippen LogP contribution is -2.52. The number of piperidine rings is 1. The first kappa shape index (κ1) is 15.3. The number of aliphatic hydroxyl groups excluding tert-OH is 1. The quantitative estimate of drug-likeness (QED) is 0.775. The molecule has 1 saturated carbocycles. The molecule has 1 saturated heterocycles. The Hall–Kier alpha value is -0.120. The van der Waals surface area contributed by atoms with Crippen LogP contribution >= 0.6 is 0 Å². The van der Waals surface area contributed by atoms with E-state index in [9.17, 15) is 5.11 Å². The Balaban J connectivity index is 1.79. The molecule has 0 aromatic rings. The number of rotatable bonds is 6. The van der Waals surface area contributed by atoms with E-state index in [0.717, 1.165) is 12.3 Å². The van der Waals surface area contributed by atoms with Crippen LogP contribution in [0.15, 0.2) is 0 Å². The molecule has 0 aromatic carbocycles. The van der Waals surface area contributed by atoms with E-state index in [1.165, 1.54) is 51.7 Å². The summed E-state index contributed by atoms with van der Waals surface area (Å²) >= 11 is 0. The van der Waals surface area contributed by atoms with Gasteiger partial charge in [-0.2, -0.15) is 0 Å². The van der Waals surface area contributed by atoms with Crippen molar-refractivity contribution in [2.24, 2.45) is 11.8 Å². The maximum atomic E-state index is 9.19. The maximum absolute atomic E-state index is 9.19. The summed E-state index contributed by atoms with van der Waals surface area (Å²) in [5, 5.41) is 13.0. The van der Waals surface area contributed by atoms with Crippen LogP contribution in [-0.2, 0) is 0 Å². The van der Waals surface area contributed by atoms with Crippen molar-refractivity contribution >= 4 is 0 Å². The normalized spacial score (nSPS) is 30.3. The van der Waals surface area contributed by atoms with Crippen LogP contribution in [-0.4, -0.2) is 48.3 Å². The highest BCUT2D eigenvalue weighted by Crippen LogP contribution is 2.25. The number of hydrogen-bond acceptors (Lipinski definition) is 3. The largest absolute Gasteiger partial charge is 0.396 e. The van der Waals surface area contributed by atoms with Crippen molar-refractivity contribution in [2.45, 2.75) is 64.5 Å². The SMILES string of the molecule is CC(C)N1CC(CCO)CC(NCC2CCCC2)C1. The Morgan fingerprint density at radius 1 is 1.16 bits per heavy atom. The van der Waals surface area contributed by atoms with Crippen molar-refractivity contribution < 1.29 is 5.11 Å². The third kappa shape index (κ3) is 4.73. The first-order chi connectivity index (χ1) is 9.19. The van der Waals surface area contributed by atoms with Gasteiger partial charge in [-0.3, -0.25) is 4.90 Å². The summed E-state index contributed by atoms with van der Waals surface area (Å²) < 4.78 is 0. The predicted octanol–water partition coefficient (Wildman–Crippen LogP) is 2.25. The van der Waals surface area contributed by atoms with Gasteiger partial charge in [0.1, 0.15) is 0 Å². The lowest BCUT2D eigenvalue weighted by Gasteiger charge is -2.40. The van der Waals surface area contributed by atoms with Crippen molar-refractivity contribution in [1.29, 1.82) is 0 Å². The monoisotopic (exact) mass is 268 g/mol. The molecule has 2 atom stereocenters. The van der Waals surface area contributed by atoms with Gasteiger partial charge in [0.05, 0.1) is 0 Å². The summed E-state index contributed by atoms with van der Waals surface area (Å²) in [5.41, 5.74) is 0. The standard InChI is InChI=1S/C16H32N2O/c1-13(2)18-11-15(7-8-19)9-16(12-18)17-10-14-5-3-4-6-14/h13-17,19H,3-12H2,1-2H3. The number of nitrogens with zero attached hydrogens (tertiary/aromatic N) is 1. The lowest BCUT2D eigenvalue weighted by atomic mass is 9.90. The molecular formula is C16H32N2O. The van der Waals surface area contributed by atoms with Crippen LogP contribution < -0.4 is 5.32 Å². The van der Waals surface area contributed by atoms with Crippen molar-refractivity contribution in [3.05, 3.63) is 0 Å². The van der Waals surface area contributed by atoms with Crippen LogP contribution in [0.4, 0.5) is 0 Å². The summed E-state index contributed by atoms with van der Waals surface area (Å²) in [6, 6.07) is 1.26. The van der Waals surface area contributed by atoms with Crippen LogP contribution in [0.3, 0.4) is 0 Å². The molecule has 3 nitrogen and oxygen atoms in total. The Labute approximate surface area is 118 Å². The molecule has 2 rings (SSSR count). The summed E-state index contributed by atoms with van der Waals surface area (Å²) in [5.74, 6) is 1.59. The minimum absolute atomic E-state index is 0.339. The molecule has 2 fully saturated rings. The Morgan fingerprint density at radius 3 is 2.53 bits per heavy atom. The molecule has 19 heavy (non-hydrogen) atoms. The smallest absolute Gasteiger partial charge is 0.0434 e. The van der Waals surface area contributed by atoms with E-state index in [1.807, 2.05) is 0 Å². The number of nitrogens with one attached hydrogen (secondary N) is 1. The fourth-order valence-corrected chi connectivity index (χ4v) is 3.75. The molecule has 112 valence electrons. The van der Waals surface area contributed by atoms with Crippen LogP contribution in [0.2, 0.25) is 0 Å². The Kier molecular flexibility index (Phi) is 6.11. The third-order valence-corrected chi connectivity index (χ3v) is 5.00. The third-order valence-electron chi connectivity index (χ3n) is 5.00. The van der Waals surface area contributed by atoms with Crippen molar-refractivity contribution in [1.82, 2.24) is 10.2 Å². The zero-order chi connectivity index (χ0) is 13.7. The van der Waals surface area contributed by atoms with Gasteiger partial charge < -0.3 is 10.4 Å². The van der Waals surface area contributed by atoms with E-state index in [0.29, 0.717) is 24.6 Å². The number of hydrogen-bond donors (Lipinski definition) is 2. The van der Waals surface area contributed by atoms with E-state index in [4.69, 9.17) is 0 Å². The van der Waals surface area contributed by atoms with Crippen LogP contribution in [0.1, 0.15) is 52.4 Å². The molecule has 0 amide bonds. The summed E-state index contributed by atoms with van der Waals surface area (Å²) in [6.07, 6.45) is 7.92. The van der Waals surface area contributed by atoms with Crippen LogP contribution in [0.25, 0.3) is 0 Å². The van der Waals surface area contributed by atoms with E-state index in [2.05, 4.69) is 24.1 Å². The van der Waals surface area contributed by atoms with Gasteiger partial charge in [0, 0.05) is 31.8 Å². The van der Waals surface area contributed by atoms with Gasteiger partial charge in [0.15, 0.2) is 0 Å². The molecule has 2 N–H and O–H groups in total. The fourth-order valence-electron chi connectivity index (χ4n) is 3.75. The molecule has 1 aliphatic carbocycles. The topological polar surface area (TPSA) is 35.5 Å². The van der Waals surface area contributed by atoms with Gasteiger partial charge in [-0.05, 0) is 57.9 Å². The predicted molar refractivity (Wildman–Crippen MR) is 80.3 cm³/mol. The molecular weight excluding hydrogens is 236 g/mol. The van der Waals surface area contributed by atoms with E-state index in [1.54, 1.807) is 0 Å². The molecule has 1 aliphatic heterocycles. The van der Waals surface area contributed by atoms with Gasteiger partial charge in [-0.1, -0.05) is 12.8 Å². The second-order valence-electron chi connectivity index (χ2n) is 6.92. The van der Waals surface area contributed by atoms with E-state index in [-0.39, 0.29) is 0 Å². The maximum Gasteiger partial charge on any atom is 0.0434 e. The number of likely N-dealkylation sites (tertiary alicyclic amines) is 1. The van der Waals surface area contributed by atoms with Gasteiger partial charge in [-0.25, -0.2) is 0 Å². The molecule has 0 aromatic heterocycles. The molecule has 2 aliphatic rings. The first-order valence-electron chi connectivity index (χ1n) is 8.27. The van der Waals surface area contributed by atoms with E-state index < -0.39 is 0 Å². The first-order valence-corrected chi connectivity index (χ1v) is 8.27. The zero-order valence-electron chi connectivity index (χ0n) is 12.8. The minimum atomic E-state index is 0.339. The molecule has 0 bridgehead atoms. The summed E-state index contributed by atoms with van der Waals surface area (Å²) in [7, 11) is 0. The highest BCUT2D eigenvalue weighted by Gasteiger charge is 2.28.